The van der Waals surface area contributed by atoms with E-state index in [2.05, 4.69) is 6.08 Å². The summed E-state index contributed by atoms with van der Waals surface area (Å²) in [6.45, 7) is 8.54. The second kappa shape index (κ2) is 7.73. The number of ether oxygens (including phenoxy) is 3. The smallest absolute Gasteiger partial charge is 0.410 e. The number of carbonyl (C=O) groups excluding carboxylic acids is 1. The minimum absolute atomic E-state index is 0.298. The molecular formula is C26H26ClNO5. The molecule has 0 bridgehead atoms. The van der Waals surface area contributed by atoms with Gasteiger partial charge in [0, 0.05) is 31.0 Å². The molecule has 0 radical (unpaired) electrons. The molecule has 5 rings (SSSR count). The van der Waals surface area contributed by atoms with Gasteiger partial charge >= 0.3 is 6.09 Å². The SMILES string of the molecule is CC(C)(C)OC(=O)N1CC=C(c2cccc3c2OC(C)(c2ccc(Cl)c4ccoc24)O3)CC1. The molecule has 3 aromatic rings. The number of carbonyl (C=O) groups is 1. The quantitative estimate of drug-likeness (QED) is 0.417. The topological polar surface area (TPSA) is 61.1 Å². The molecule has 2 aromatic carbocycles. The normalized spacial score (nSPS) is 20.2. The molecule has 172 valence electrons. The van der Waals surface area contributed by atoms with Crippen molar-refractivity contribution in [3.63, 3.8) is 0 Å². The predicted molar refractivity (Wildman–Crippen MR) is 127 cm³/mol. The third kappa shape index (κ3) is 3.93. The summed E-state index contributed by atoms with van der Waals surface area (Å²) < 4.78 is 24.0. The van der Waals surface area contributed by atoms with Crippen LogP contribution < -0.4 is 9.47 Å². The molecule has 33 heavy (non-hydrogen) atoms. The van der Waals surface area contributed by atoms with E-state index in [1.807, 2.05) is 64.1 Å². The first-order valence-electron chi connectivity index (χ1n) is 11.0. The van der Waals surface area contributed by atoms with E-state index in [1.165, 1.54) is 0 Å². The summed E-state index contributed by atoms with van der Waals surface area (Å²) >= 11 is 6.32. The van der Waals surface area contributed by atoms with Crippen molar-refractivity contribution in [2.75, 3.05) is 13.1 Å². The van der Waals surface area contributed by atoms with E-state index in [0.29, 0.717) is 41.6 Å². The summed E-state index contributed by atoms with van der Waals surface area (Å²) in [5.41, 5.74) is 2.97. The van der Waals surface area contributed by atoms with Crippen molar-refractivity contribution in [1.82, 2.24) is 4.90 Å². The van der Waals surface area contributed by atoms with Gasteiger partial charge in [-0.05, 0) is 57.0 Å². The summed E-state index contributed by atoms with van der Waals surface area (Å²) in [4.78, 5) is 14.1. The molecule has 2 aliphatic rings. The summed E-state index contributed by atoms with van der Waals surface area (Å²) in [5, 5.41) is 1.43. The van der Waals surface area contributed by atoms with Gasteiger partial charge in [-0.1, -0.05) is 29.8 Å². The number of rotatable bonds is 2. The maximum Gasteiger partial charge on any atom is 0.410 e. The van der Waals surface area contributed by atoms with E-state index in [1.54, 1.807) is 11.2 Å². The monoisotopic (exact) mass is 467 g/mol. The Bertz CT molecular complexity index is 1270. The number of amides is 1. The minimum atomic E-state index is -1.06. The lowest BCUT2D eigenvalue weighted by Crippen LogP contribution is -2.39. The van der Waals surface area contributed by atoms with Crippen molar-refractivity contribution in [2.24, 2.45) is 0 Å². The summed E-state index contributed by atoms with van der Waals surface area (Å²) in [6.07, 6.45) is 4.06. The maximum absolute atomic E-state index is 12.4. The zero-order valence-electron chi connectivity index (χ0n) is 19.1. The van der Waals surface area contributed by atoms with Crippen molar-refractivity contribution in [1.29, 1.82) is 0 Å². The molecule has 0 spiro atoms. The van der Waals surface area contributed by atoms with Crippen LogP contribution in [-0.4, -0.2) is 29.7 Å². The van der Waals surface area contributed by atoms with E-state index in [9.17, 15) is 4.79 Å². The highest BCUT2D eigenvalue weighted by Gasteiger charge is 2.42. The average molecular weight is 468 g/mol. The fraction of sp³-hybridized carbons (Fsp3) is 0.346. The molecule has 0 aliphatic carbocycles. The highest BCUT2D eigenvalue weighted by atomic mass is 35.5. The van der Waals surface area contributed by atoms with Gasteiger partial charge in [0.05, 0.1) is 16.8 Å². The maximum atomic E-state index is 12.4. The van der Waals surface area contributed by atoms with E-state index in [0.717, 1.165) is 22.1 Å². The molecular weight excluding hydrogens is 442 g/mol. The van der Waals surface area contributed by atoms with Crippen LogP contribution in [0.4, 0.5) is 4.79 Å². The van der Waals surface area contributed by atoms with Crippen molar-refractivity contribution in [2.45, 2.75) is 45.5 Å². The van der Waals surface area contributed by atoms with Crippen LogP contribution in [0.2, 0.25) is 5.02 Å². The lowest BCUT2D eigenvalue weighted by Gasteiger charge is -2.30. The van der Waals surface area contributed by atoms with Gasteiger partial charge in [-0.15, -0.1) is 0 Å². The van der Waals surface area contributed by atoms with Gasteiger partial charge in [0.25, 0.3) is 5.79 Å². The van der Waals surface area contributed by atoms with Crippen LogP contribution in [0.3, 0.4) is 0 Å². The molecule has 0 saturated carbocycles. The fourth-order valence-corrected chi connectivity index (χ4v) is 4.49. The lowest BCUT2D eigenvalue weighted by molar-refractivity contribution is -0.0674. The van der Waals surface area contributed by atoms with Crippen molar-refractivity contribution in [3.05, 3.63) is 64.9 Å². The predicted octanol–water partition coefficient (Wildman–Crippen LogP) is 6.75. The van der Waals surface area contributed by atoms with Gasteiger partial charge in [0.15, 0.2) is 11.5 Å². The summed E-state index contributed by atoms with van der Waals surface area (Å²) in [5.74, 6) is 0.295. The number of hydrogen-bond donors (Lipinski definition) is 0. The van der Waals surface area contributed by atoms with Crippen LogP contribution in [-0.2, 0) is 10.5 Å². The Morgan fingerprint density at radius 3 is 2.70 bits per heavy atom. The molecule has 3 heterocycles. The first-order valence-corrected chi connectivity index (χ1v) is 11.4. The van der Waals surface area contributed by atoms with Crippen molar-refractivity contribution >= 4 is 34.2 Å². The van der Waals surface area contributed by atoms with Crippen molar-refractivity contribution < 1.29 is 23.4 Å². The molecule has 1 unspecified atom stereocenters. The second-order valence-corrected chi connectivity index (χ2v) is 9.85. The zero-order valence-corrected chi connectivity index (χ0v) is 19.9. The first-order chi connectivity index (χ1) is 15.6. The van der Waals surface area contributed by atoms with Gasteiger partial charge in [-0.3, -0.25) is 0 Å². The number of benzene rings is 2. The number of nitrogens with zero attached hydrogens (tertiary/aromatic N) is 1. The molecule has 0 fully saturated rings. The van der Waals surface area contributed by atoms with E-state index < -0.39 is 11.4 Å². The third-order valence-corrected chi connectivity index (χ3v) is 6.17. The van der Waals surface area contributed by atoms with E-state index in [4.69, 9.17) is 30.2 Å². The fourth-order valence-electron chi connectivity index (χ4n) is 4.28. The van der Waals surface area contributed by atoms with Crippen LogP contribution in [0, 0.1) is 0 Å². The van der Waals surface area contributed by atoms with Gasteiger partial charge in [-0.25, -0.2) is 4.79 Å². The number of halogens is 1. The van der Waals surface area contributed by atoms with Crippen LogP contribution in [0.25, 0.3) is 16.5 Å². The average Bonchev–Trinajstić information content (AvgIpc) is 3.38. The Morgan fingerprint density at radius 1 is 1.15 bits per heavy atom. The number of hydrogen-bond acceptors (Lipinski definition) is 5. The Labute approximate surface area is 197 Å². The number of fused-ring (bicyclic) bond motifs is 2. The van der Waals surface area contributed by atoms with Crippen LogP contribution >= 0.6 is 11.6 Å². The summed E-state index contributed by atoms with van der Waals surface area (Å²) in [7, 11) is 0. The Balaban J connectivity index is 1.42. The Hall–Kier alpha value is -3.12. The van der Waals surface area contributed by atoms with Gasteiger partial charge in [0.2, 0.25) is 0 Å². The standard InChI is InChI=1S/C26H26ClNO5/c1-25(2,3)33-24(29)28-13-10-16(11-14-28)17-6-5-7-21-23(17)32-26(4,31-21)19-8-9-20(27)18-12-15-30-22(18)19/h5-10,12,15H,11,13-14H2,1-4H3. The van der Waals surface area contributed by atoms with Gasteiger partial charge in [0.1, 0.15) is 11.2 Å². The lowest BCUT2D eigenvalue weighted by atomic mass is 9.98. The largest absolute Gasteiger partial charge is 0.464 e. The third-order valence-electron chi connectivity index (χ3n) is 5.84. The minimum Gasteiger partial charge on any atom is -0.464 e. The summed E-state index contributed by atoms with van der Waals surface area (Å²) in [6, 6.07) is 11.4. The van der Waals surface area contributed by atoms with E-state index >= 15 is 0 Å². The molecule has 1 amide bonds. The van der Waals surface area contributed by atoms with Crippen LogP contribution in [0.1, 0.15) is 45.2 Å². The van der Waals surface area contributed by atoms with Crippen LogP contribution in [0.15, 0.2) is 53.2 Å². The Kier molecular flexibility index (Phi) is 5.09. The zero-order chi connectivity index (χ0) is 23.4. The second-order valence-electron chi connectivity index (χ2n) is 9.45. The molecule has 6 nitrogen and oxygen atoms in total. The van der Waals surface area contributed by atoms with Gasteiger partial charge in [-0.2, -0.15) is 0 Å². The Morgan fingerprint density at radius 2 is 1.97 bits per heavy atom. The van der Waals surface area contributed by atoms with Gasteiger partial charge < -0.3 is 23.5 Å². The van der Waals surface area contributed by atoms with E-state index in [-0.39, 0.29) is 6.09 Å². The van der Waals surface area contributed by atoms with Crippen LogP contribution in [0.5, 0.6) is 11.5 Å². The molecule has 1 atom stereocenters. The molecule has 7 heteroatoms. The first kappa shape index (κ1) is 21.7. The molecule has 2 aliphatic heterocycles. The molecule has 0 saturated heterocycles. The molecule has 1 aromatic heterocycles. The number of furan rings is 1. The molecule has 0 N–H and O–H groups in total. The van der Waals surface area contributed by atoms with Crippen molar-refractivity contribution in [3.8, 4) is 11.5 Å². The highest BCUT2D eigenvalue weighted by molar-refractivity contribution is 6.35. The highest BCUT2D eigenvalue weighted by Crippen LogP contribution is 2.50. The number of para-hydroxylation sites is 1.